The molecule has 1 atom stereocenters. The van der Waals surface area contributed by atoms with Crippen LogP contribution in [0.4, 0.5) is 0 Å². The Bertz CT molecular complexity index is 526. The molecule has 3 N–H and O–H groups in total. The Kier molecular flexibility index (Phi) is 5.84. The molecule has 1 unspecified atom stereocenters. The number of rotatable bonds is 7. The molecule has 0 fully saturated rings. The molecular formula is C12H18N2O3S2. The Labute approximate surface area is 117 Å². The zero-order valence-electron chi connectivity index (χ0n) is 10.9. The van der Waals surface area contributed by atoms with Crippen molar-refractivity contribution in [2.75, 3.05) is 19.1 Å². The van der Waals surface area contributed by atoms with Crippen molar-refractivity contribution in [1.82, 2.24) is 5.32 Å². The van der Waals surface area contributed by atoms with Crippen LogP contribution >= 0.6 is 11.8 Å². The molecule has 0 aliphatic rings. The van der Waals surface area contributed by atoms with Gasteiger partial charge in [0.1, 0.15) is 0 Å². The maximum Gasteiger partial charge on any atom is 0.234 e. The van der Waals surface area contributed by atoms with Gasteiger partial charge in [0.25, 0.3) is 0 Å². The van der Waals surface area contributed by atoms with Crippen LogP contribution in [0.1, 0.15) is 6.42 Å². The van der Waals surface area contributed by atoms with Crippen LogP contribution in [-0.4, -0.2) is 39.4 Å². The molecule has 0 radical (unpaired) electrons. The number of benzene rings is 1. The molecule has 0 bridgehead atoms. The van der Waals surface area contributed by atoms with Gasteiger partial charge >= 0.3 is 0 Å². The standard InChI is InChI=1S/C12H18N2O3S2/c1-14-11(12(13)15)7-8-18-9-3-5-10(6-4-9)19(2,16)17/h3-6,11,14H,7-8H2,1-2H3,(H2,13,15). The van der Waals surface area contributed by atoms with E-state index in [9.17, 15) is 13.2 Å². The Morgan fingerprint density at radius 1 is 1.37 bits per heavy atom. The number of carbonyl (C=O) groups excluding carboxylic acids is 1. The van der Waals surface area contributed by atoms with Crippen LogP contribution in [0.2, 0.25) is 0 Å². The Balaban J connectivity index is 2.53. The average molecular weight is 302 g/mol. The van der Waals surface area contributed by atoms with Gasteiger partial charge in [0, 0.05) is 11.2 Å². The van der Waals surface area contributed by atoms with E-state index in [2.05, 4.69) is 5.32 Å². The number of thioether (sulfide) groups is 1. The monoisotopic (exact) mass is 302 g/mol. The average Bonchev–Trinajstić information content (AvgIpc) is 2.33. The van der Waals surface area contributed by atoms with Crippen LogP contribution in [0.15, 0.2) is 34.1 Å². The number of amides is 1. The molecule has 0 saturated carbocycles. The van der Waals surface area contributed by atoms with Gasteiger partial charge in [0.2, 0.25) is 5.91 Å². The largest absolute Gasteiger partial charge is 0.368 e. The van der Waals surface area contributed by atoms with Crippen molar-refractivity contribution >= 4 is 27.5 Å². The number of hydrogen-bond donors (Lipinski definition) is 2. The molecule has 1 aromatic rings. The number of carbonyl (C=O) groups is 1. The molecule has 7 heteroatoms. The maximum absolute atomic E-state index is 11.3. The summed E-state index contributed by atoms with van der Waals surface area (Å²) in [5, 5.41) is 2.85. The van der Waals surface area contributed by atoms with E-state index in [0.717, 1.165) is 10.6 Å². The molecule has 1 rings (SSSR count). The lowest BCUT2D eigenvalue weighted by Crippen LogP contribution is -2.39. The molecule has 106 valence electrons. The second-order valence-electron chi connectivity index (χ2n) is 4.12. The number of likely N-dealkylation sites (N-methyl/N-ethyl adjacent to an activating group) is 1. The van der Waals surface area contributed by atoms with Crippen molar-refractivity contribution in [2.45, 2.75) is 22.3 Å². The zero-order chi connectivity index (χ0) is 14.5. The van der Waals surface area contributed by atoms with Gasteiger partial charge in [-0.2, -0.15) is 0 Å². The molecular weight excluding hydrogens is 284 g/mol. The minimum atomic E-state index is -3.15. The highest BCUT2D eigenvalue weighted by atomic mass is 32.2. The minimum Gasteiger partial charge on any atom is -0.368 e. The number of primary amides is 1. The molecule has 0 aliphatic carbocycles. The number of nitrogens with one attached hydrogen (secondary N) is 1. The van der Waals surface area contributed by atoms with Crippen LogP contribution < -0.4 is 11.1 Å². The summed E-state index contributed by atoms with van der Waals surface area (Å²) >= 11 is 1.56. The third-order valence-corrected chi connectivity index (χ3v) is 4.79. The van der Waals surface area contributed by atoms with Gasteiger partial charge in [-0.15, -0.1) is 11.8 Å². The summed E-state index contributed by atoms with van der Waals surface area (Å²) in [4.78, 5) is 12.3. The third kappa shape index (κ3) is 5.22. The number of hydrogen-bond acceptors (Lipinski definition) is 5. The number of nitrogens with two attached hydrogens (primary N) is 1. The molecule has 0 heterocycles. The van der Waals surface area contributed by atoms with Crippen LogP contribution in [0.3, 0.4) is 0 Å². The fraction of sp³-hybridized carbons (Fsp3) is 0.417. The van der Waals surface area contributed by atoms with E-state index >= 15 is 0 Å². The Hall–Kier alpha value is -1.05. The molecule has 0 spiro atoms. The third-order valence-electron chi connectivity index (χ3n) is 2.62. The highest BCUT2D eigenvalue weighted by Gasteiger charge is 2.12. The first kappa shape index (κ1) is 16.0. The van der Waals surface area contributed by atoms with Gasteiger partial charge < -0.3 is 11.1 Å². The minimum absolute atomic E-state index is 0.307. The Morgan fingerprint density at radius 3 is 2.37 bits per heavy atom. The first-order valence-electron chi connectivity index (χ1n) is 5.74. The molecule has 0 aromatic heterocycles. The van der Waals surface area contributed by atoms with Gasteiger partial charge in [-0.3, -0.25) is 4.79 Å². The molecule has 19 heavy (non-hydrogen) atoms. The number of sulfone groups is 1. The fourth-order valence-corrected chi connectivity index (χ4v) is 3.05. The highest BCUT2D eigenvalue weighted by Crippen LogP contribution is 2.21. The molecule has 5 nitrogen and oxygen atoms in total. The summed E-state index contributed by atoms with van der Waals surface area (Å²) in [6.45, 7) is 0. The van der Waals surface area contributed by atoms with Crippen molar-refractivity contribution in [3.05, 3.63) is 24.3 Å². The van der Waals surface area contributed by atoms with E-state index in [0.29, 0.717) is 11.3 Å². The van der Waals surface area contributed by atoms with Gasteiger partial charge in [-0.25, -0.2) is 8.42 Å². The van der Waals surface area contributed by atoms with E-state index < -0.39 is 9.84 Å². The van der Waals surface area contributed by atoms with Crippen LogP contribution in [0, 0.1) is 0 Å². The topological polar surface area (TPSA) is 89.3 Å². The molecule has 0 aliphatic heterocycles. The van der Waals surface area contributed by atoms with E-state index in [1.54, 1.807) is 43.1 Å². The smallest absolute Gasteiger partial charge is 0.234 e. The van der Waals surface area contributed by atoms with Gasteiger partial charge in [-0.1, -0.05) is 0 Å². The summed E-state index contributed by atoms with van der Waals surface area (Å²) in [7, 11) is -1.45. The molecule has 1 amide bonds. The van der Waals surface area contributed by atoms with E-state index in [4.69, 9.17) is 5.73 Å². The fourth-order valence-electron chi connectivity index (χ4n) is 1.51. The SMILES string of the molecule is CNC(CCSc1ccc(S(C)(=O)=O)cc1)C(N)=O. The lowest BCUT2D eigenvalue weighted by molar-refractivity contribution is -0.119. The summed E-state index contributed by atoms with van der Waals surface area (Å²) in [6.07, 6.45) is 1.81. The summed E-state index contributed by atoms with van der Waals surface area (Å²) in [6, 6.07) is 6.37. The van der Waals surface area contributed by atoms with E-state index in [-0.39, 0.29) is 11.9 Å². The van der Waals surface area contributed by atoms with Gasteiger partial charge in [0.05, 0.1) is 10.9 Å². The van der Waals surface area contributed by atoms with E-state index in [1.807, 2.05) is 0 Å². The Morgan fingerprint density at radius 2 is 1.95 bits per heavy atom. The predicted molar refractivity (Wildman–Crippen MR) is 76.9 cm³/mol. The van der Waals surface area contributed by atoms with Crippen molar-refractivity contribution in [1.29, 1.82) is 0 Å². The zero-order valence-corrected chi connectivity index (χ0v) is 12.6. The summed E-state index contributed by atoms with van der Waals surface area (Å²) in [5.41, 5.74) is 5.22. The summed E-state index contributed by atoms with van der Waals surface area (Å²) < 4.78 is 22.6. The molecule has 1 aromatic carbocycles. The quantitative estimate of drug-likeness (QED) is 0.722. The summed E-state index contributed by atoms with van der Waals surface area (Å²) in [5.74, 6) is 0.364. The van der Waals surface area contributed by atoms with Crippen LogP contribution in [0.5, 0.6) is 0 Å². The van der Waals surface area contributed by atoms with Crippen molar-refractivity contribution in [3.8, 4) is 0 Å². The van der Waals surface area contributed by atoms with E-state index in [1.165, 1.54) is 6.26 Å². The lowest BCUT2D eigenvalue weighted by atomic mass is 10.2. The lowest BCUT2D eigenvalue weighted by Gasteiger charge is -2.11. The molecule has 0 saturated heterocycles. The van der Waals surface area contributed by atoms with Crippen LogP contribution in [0.25, 0.3) is 0 Å². The van der Waals surface area contributed by atoms with Crippen molar-refractivity contribution in [2.24, 2.45) is 5.73 Å². The van der Waals surface area contributed by atoms with Crippen molar-refractivity contribution in [3.63, 3.8) is 0 Å². The van der Waals surface area contributed by atoms with Gasteiger partial charge in [0.15, 0.2) is 9.84 Å². The second kappa shape index (κ2) is 6.93. The first-order valence-corrected chi connectivity index (χ1v) is 8.62. The first-order chi connectivity index (χ1) is 8.84. The highest BCUT2D eigenvalue weighted by molar-refractivity contribution is 7.99. The van der Waals surface area contributed by atoms with Gasteiger partial charge in [-0.05, 0) is 43.5 Å². The van der Waals surface area contributed by atoms with Crippen molar-refractivity contribution < 1.29 is 13.2 Å². The maximum atomic E-state index is 11.3. The predicted octanol–water partition coefficient (Wildman–Crippen LogP) is 0.646. The second-order valence-corrected chi connectivity index (χ2v) is 7.31. The normalized spacial score (nSPS) is 13.2. The van der Waals surface area contributed by atoms with Crippen LogP contribution in [-0.2, 0) is 14.6 Å².